The summed E-state index contributed by atoms with van der Waals surface area (Å²) >= 11 is 5.90. The van der Waals surface area contributed by atoms with Crippen molar-refractivity contribution >= 4 is 23.7 Å². The molecule has 0 fully saturated rings. The number of carbonyl (C=O) groups excluding carboxylic acids is 1. The quantitative estimate of drug-likeness (QED) is 0.671. The lowest BCUT2D eigenvalue weighted by Gasteiger charge is -2.09. The Morgan fingerprint density at radius 2 is 2.05 bits per heavy atom. The van der Waals surface area contributed by atoms with Crippen molar-refractivity contribution in [1.82, 2.24) is 9.99 Å². The number of halogens is 1. The average Bonchev–Trinajstić information content (AvgIpc) is 2.75. The number of rotatable bonds is 4. The molecule has 0 bridgehead atoms. The van der Waals surface area contributed by atoms with Crippen LogP contribution >= 0.6 is 11.6 Å². The molecule has 0 aliphatic heterocycles. The number of hydrogen-bond donors (Lipinski definition) is 2. The van der Waals surface area contributed by atoms with Gasteiger partial charge in [-0.3, -0.25) is 4.79 Å². The molecule has 0 saturated heterocycles. The van der Waals surface area contributed by atoms with Crippen molar-refractivity contribution in [2.75, 3.05) is 6.61 Å². The molecule has 2 aromatic rings. The molecule has 0 spiro atoms. The summed E-state index contributed by atoms with van der Waals surface area (Å²) in [4.78, 5) is 10.9. The molecule has 2 N–H and O–H groups in total. The highest BCUT2D eigenvalue weighted by atomic mass is 35.5. The maximum atomic E-state index is 10.9. The van der Waals surface area contributed by atoms with E-state index in [2.05, 4.69) is 15.1 Å². The van der Waals surface area contributed by atoms with Gasteiger partial charge in [-0.25, -0.2) is 5.43 Å². The standard InChI is InChI=1S/C15H16ClN3O2/c1-10-7-12(8-17-18-15(21)9-20)11(2)19(10)14-5-3-13(16)4-6-14/h3-8,20H,9H2,1-2H3,(H,18,21). The van der Waals surface area contributed by atoms with E-state index >= 15 is 0 Å². The third kappa shape index (κ3) is 3.51. The second-order valence-corrected chi connectivity index (χ2v) is 5.03. The molecule has 0 unspecified atom stereocenters. The first-order valence-electron chi connectivity index (χ1n) is 6.40. The van der Waals surface area contributed by atoms with E-state index in [4.69, 9.17) is 16.7 Å². The maximum Gasteiger partial charge on any atom is 0.265 e. The van der Waals surface area contributed by atoms with Crippen molar-refractivity contribution in [1.29, 1.82) is 0 Å². The molecule has 5 nitrogen and oxygen atoms in total. The van der Waals surface area contributed by atoms with Gasteiger partial charge in [0.1, 0.15) is 6.61 Å². The monoisotopic (exact) mass is 305 g/mol. The Bertz CT molecular complexity index is 675. The van der Waals surface area contributed by atoms with Crippen LogP contribution in [-0.2, 0) is 4.79 Å². The molecule has 0 radical (unpaired) electrons. The predicted molar refractivity (Wildman–Crippen MR) is 83.1 cm³/mol. The highest BCUT2D eigenvalue weighted by Crippen LogP contribution is 2.21. The number of hydrogen-bond acceptors (Lipinski definition) is 3. The third-order valence-electron chi connectivity index (χ3n) is 3.09. The fourth-order valence-corrected chi connectivity index (χ4v) is 2.24. The van der Waals surface area contributed by atoms with Crippen molar-refractivity contribution < 1.29 is 9.90 Å². The van der Waals surface area contributed by atoms with Gasteiger partial charge in [-0.2, -0.15) is 5.10 Å². The minimum atomic E-state index is -0.582. The minimum absolute atomic E-state index is 0.544. The number of aromatic nitrogens is 1. The topological polar surface area (TPSA) is 66.6 Å². The maximum absolute atomic E-state index is 10.9. The summed E-state index contributed by atoms with van der Waals surface area (Å²) in [6, 6.07) is 9.53. The van der Waals surface area contributed by atoms with E-state index in [1.165, 1.54) is 0 Å². The van der Waals surface area contributed by atoms with Crippen molar-refractivity contribution in [3.05, 3.63) is 52.3 Å². The molecule has 1 heterocycles. The fourth-order valence-electron chi connectivity index (χ4n) is 2.11. The van der Waals surface area contributed by atoms with Crippen LogP contribution in [0.2, 0.25) is 5.02 Å². The molecule has 1 amide bonds. The Labute approximate surface area is 127 Å². The highest BCUT2D eigenvalue weighted by molar-refractivity contribution is 6.30. The number of benzene rings is 1. The van der Waals surface area contributed by atoms with Crippen LogP contribution < -0.4 is 5.43 Å². The van der Waals surface area contributed by atoms with Crippen LogP contribution in [-0.4, -0.2) is 28.4 Å². The number of aliphatic hydroxyl groups excluding tert-OH is 1. The second kappa shape index (κ2) is 6.56. The molecule has 0 saturated carbocycles. The summed E-state index contributed by atoms with van der Waals surface area (Å²) in [6.07, 6.45) is 1.56. The van der Waals surface area contributed by atoms with E-state index in [-0.39, 0.29) is 0 Å². The second-order valence-electron chi connectivity index (χ2n) is 4.59. The first kappa shape index (κ1) is 15.3. The Kier molecular flexibility index (Phi) is 4.77. The zero-order chi connectivity index (χ0) is 15.4. The van der Waals surface area contributed by atoms with Gasteiger partial charge in [-0.05, 0) is 44.2 Å². The summed E-state index contributed by atoms with van der Waals surface area (Å²) in [5.41, 5.74) is 6.18. The van der Waals surface area contributed by atoms with Crippen LogP contribution in [0.3, 0.4) is 0 Å². The van der Waals surface area contributed by atoms with Crippen molar-refractivity contribution in [2.24, 2.45) is 5.10 Å². The van der Waals surface area contributed by atoms with Gasteiger partial charge in [0, 0.05) is 27.7 Å². The summed E-state index contributed by atoms with van der Waals surface area (Å²) in [5.74, 6) is -0.544. The molecule has 0 atom stereocenters. The van der Waals surface area contributed by atoms with Crippen molar-refractivity contribution in [3.8, 4) is 5.69 Å². The van der Waals surface area contributed by atoms with Gasteiger partial charge in [-0.15, -0.1) is 0 Å². The van der Waals surface area contributed by atoms with Crippen LogP contribution in [0.25, 0.3) is 5.69 Å². The zero-order valence-corrected chi connectivity index (χ0v) is 12.6. The summed E-state index contributed by atoms with van der Waals surface area (Å²) < 4.78 is 2.07. The zero-order valence-electron chi connectivity index (χ0n) is 11.8. The summed E-state index contributed by atoms with van der Waals surface area (Å²) in [6.45, 7) is 3.38. The predicted octanol–water partition coefficient (Wildman–Crippen LogP) is 2.19. The smallest absolute Gasteiger partial charge is 0.265 e. The number of nitrogens with zero attached hydrogens (tertiary/aromatic N) is 2. The molecule has 1 aromatic carbocycles. The third-order valence-corrected chi connectivity index (χ3v) is 3.34. The first-order valence-corrected chi connectivity index (χ1v) is 6.78. The lowest BCUT2D eigenvalue weighted by molar-refractivity contribution is -0.123. The van der Waals surface area contributed by atoms with Gasteiger partial charge < -0.3 is 9.67 Å². The first-order chi connectivity index (χ1) is 10.0. The Morgan fingerprint density at radius 3 is 2.67 bits per heavy atom. The number of aryl methyl sites for hydroxylation is 1. The number of carbonyl (C=O) groups is 1. The molecule has 0 aliphatic rings. The lowest BCUT2D eigenvalue weighted by atomic mass is 10.2. The van der Waals surface area contributed by atoms with Crippen LogP contribution in [0.1, 0.15) is 17.0 Å². The normalized spacial score (nSPS) is 11.0. The van der Waals surface area contributed by atoms with Gasteiger partial charge in [0.2, 0.25) is 0 Å². The summed E-state index contributed by atoms with van der Waals surface area (Å²) in [5, 5.41) is 13.1. The SMILES string of the molecule is Cc1cc(C=NNC(=O)CO)c(C)n1-c1ccc(Cl)cc1. The van der Waals surface area contributed by atoms with E-state index in [1.807, 2.05) is 44.2 Å². The van der Waals surface area contributed by atoms with Crippen LogP contribution in [0.4, 0.5) is 0 Å². The molecular weight excluding hydrogens is 290 g/mol. The number of nitrogens with one attached hydrogen (secondary N) is 1. The van der Waals surface area contributed by atoms with Gasteiger partial charge >= 0.3 is 0 Å². The largest absolute Gasteiger partial charge is 0.386 e. The van der Waals surface area contributed by atoms with E-state index in [0.717, 1.165) is 22.6 Å². The number of aliphatic hydroxyl groups is 1. The molecule has 2 rings (SSSR count). The molecule has 6 heteroatoms. The van der Waals surface area contributed by atoms with E-state index in [1.54, 1.807) is 6.21 Å². The van der Waals surface area contributed by atoms with E-state index in [9.17, 15) is 4.79 Å². The fraction of sp³-hybridized carbons (Fsp3) is 0.200. The minimum Gasteiger partial charge on any atom is -0.386 e. The average molecular weight is 306 g/mol. The van der Waals surface area contributed by atoms with Gasteiger partial charge in [-0.1, -0.05) is 11.6 Å². The number of amides is 1. The van der Waals surface area contributed by atoms with Crippen molar-refractivity contribution in [2.45, 2.75) is 13.8 Å². The molecule has 0 aliphatic carbocycles. The molecular formula is C15H16ClN3O2. The van der Waals surface area contributed by atoms with Gasteiger partial charge in [0.05, 0.1) is 6.21 Å². The molecule has 110 valence electrons. The van der Waals surface area contributed by atoms with E-state index < -0.39 is 12.5 Å². The summed E-state index contributed by atoms with van der Waals surface area (Å²) in [7, 11) is 0. The Balaban J connectivity index is 2.29. The molecule has 21 heavy (non-hydrogen) atoms. The Morgan fingerprint density at radius 1 is 1.38 bits per heavy atom. The van der Waals surface area contributed by atoms with Gasteiger partial charge in [0.25, 0.3) is 5.91 Å². The van der Waals surface area contributed by atoms with Gasteiger partial charge in [0.15, 0.2) is 0 Å². The van der Waals surface area contributed by atoms with Crippen LogP contribution in [0, 0.1) is 13.8 Å². The van der Waals surface area contributed by atoms with Crippen LogP contribution in [0.5, 0.6) is 0 Å². The Hall–Kier alpha value is -2.11. The van der Waals surface area contributed by atoms with E-state index in [0.29, 0.717) is 5.02 Å². The highest BCUT2D eigenvalue weighted by Gasteiger charge is 2.09. The van der Waals surface area contributed by atoms with Crippen molar-refractivity contribution in [3.63, 3.8) is 0 Å². The number of hydrazone groups is 1. The van der Waals surface area contributed by atoms with Crippen LogP contribution in [0.15, 0.2) is 35.4 Å². The molecule has 1 aromatic heterocycles. The lowest BCUT2D eigenvalue weighted by Crippen LogP contribution is -2.20.